The molecule has 5 heteroatoms. The third kappa shape index (κ3) is 3.26. The quantitative estimate of drug-likeness (QED) is 0.813. The molecule has 1 aliphatic heterocycles. The molecule has 0 amide bonds. The summed E-state index contributed by atoms with van der Waals surface area (Å²) in [4.78, 5) is 25.7. The van der Waals surface area contributed by atoms with Gasteiger partial charge in [-0.15, -0.1) is 0 Å². The maximum Gasteiger partial charge on any atom is 0.315 e. The van der Waals surface area contributed by atoms with Gasteiger partial charge in [-0.2, -0.15) is 0 Å². The zero-order valence-corrected chi connectivity index (χ0v) is 15.5. The lowest BCUT2D eigenvalue weighted by atomic mass is 9.66. The van der Waals surface area contributed by atoms with Gasteiger partial charge in [0.25, 0.3) is 0 Å². The van der Waals surface area contributed by atoms with Gasteiger partial charge in [0.2, 0.25) is 0 Å². The molecule has 1 aliphatic carbocycles. The third-order valence-electron chi connectivity index (χ3n) is 5.02. The van der Waals surface area contributed by atoms with Crippen LogP contribution < -0.4 is 5.32 Å². The van der Waals surface area contributed by atoms with E-state index in [0.29, 0.717) is 29.7 Å². The number of Topliss-reactive ketones (excluding diaryl/α,β-unsaturated/α-hetero) is 1. The highest BCUT2D eigenvalue weighted by Crippen LogP contribution is 2.48. The van der Waals surface area contributed by atoms with Crippen LogP contribution in [0.15, 0.2) is 47.8 Å². The van der Waals surface area contributed by atoms with Gasteiger partial charge in [0.1, 0.15) is 11.7 Å². The van der Waals surface area contributed by atoms with Gasteiger partial charge in [0.05, 0.1) is 6.61 Å². The molecule has 1 aromatic carbocycles. The number of hydrogen-bond donors (Lipinski definition) is 2. The lowest BCUT2D eigenvalue weighted by Gasteiger charge is -2.42. The second-order valence-electron chi connectivity index (χ2n) is 7.79. The van der Waals surface area contributed by atoms with Gasteiger partial charge >= 0.3 is 5.97 Å². The number of nitrogens with one attached hydrogen (secondary N) is 1. The van der Waals surface area contributed by atoms with E-state index < -0.39 is 17.8 Å². The number of allylic oxidation sites excluding steroid dienone is 2. The van der Waals surface area contributed by atoms with Gasteiger partial charge in [-0.25, -0.2) is 0 Å². The molecule has 0 bridgehead atoms. The van der Waals surface area contributed by atoms with Gasteiger partial charge in [-0.3, -0.25) is 9.59 Å². The van der Waals surface area contributed by atoms with E-state index in [1.807, 2.05) is 6.07 Å². The average molecular weight is 355 g/mol. The van der Waals surface area contributed by atoms with Gasteiger partial charge in [-0.1, -0.05) is 32.6 Å². The Balaban J connectivity index is 2.17. The molecule has 5 nitrogen and oxygen atoms in total. The molecule has 0 fully saturated rings. The molecule has 2 atom stereocenters. The first-order valence-corrected chi connectivity index (χ1v) is 8.91. The minimum Gasteiger partial charge on any atom is -0.508 e. The number of aromatic hydroxyl groups is 1. The van der Waals surface area contributed by atoms with E-state index in [0.717, 1.165) is 5.70 Å². The monoisotopic (exact) mass is 355 g/mol. The topological polar surface area (TPSA) is 75.6 Å². The fourth-order valence-corrected chi connectivity index (χ4v) is 4.03. The van der Waals surface area contributed by atoms with Crippen LogP contribution in [0.5, 0.6) is 5.75 Å². The predicted octanol–water partition coefficient (Wildman–Crippen LogP) is 3.42. The van der Waals surface area contributed by atoms with Gasteiger partial charge in [-0.05, 0) is 36.5 Å². The van der Waals surface area contributed by atoms with E-state index in [1.165, 1.54) is 0 Å². The zero-order valence-electron chi connectivity index (χ0n) is 15.5. The molecule has 2 aliphatic rings. The largest absolute Gasteiger partial charge is 0.508 e. The van der Waals surface area contributed by atoms with E-state index in [4.69, 9.17) is 4.74 Å². The molecule has 1 heterocycles. The SMILES string of the molecule is C=C1NC2=C(C(=O)CC(C)(C)C2)C(c2cccc(O)c2)C1C(=O)OCC. The molecule has 138 valence electrons. The Morgan fingerprint density at radius 2 is 2.12 bits per heavy atom. The first-order valence-electron chi connectivity index (χ1n) is 8.91. The third-order valence-corrected chi connectivity index (χ3v) is 5.02. The Morgan fingerprint density at radius 3 is 2.77 bits per heavy atom. The highest BCUT2D eigenvalue weighted by molar-refractivity contribution is 6.00. The van der Waals surface area contributed by atoms with E-state index in [9.17, 15) is 14.7 Å². The van der Waals surface area contributed by atoms with Crippen LogP contribution >= 0.6 is 0 Å². The number of esters is 1. The van der Waals surface area contributed by atoms with Crippen molar-refractivity contribution in [3.05, 3.63) is 53.4 Å². The fraction of sp³-hybridized carbons (Fsp3) is 0.429. The van der Waals surface area contributed by atoms with E-state index in [-0.39, 0.29) is 23.6 Å². The maximum absolute atomic E-state index is 13.0. The smallest absolute Gasteiger partial charge is 0.315 e. The highest BCUT2D eigenvalue weighted by Gasteiger charge is 2.46. The number of carbonyl (C=O) groups is 2. The molecule has 0 saturated heterocycles. The standard InChI is InChI=1S/C21H25NO4/c1-5-26-20(25)17-12(2)22-15-10-21(3,4)11-16(24)19(15)18(17)13-7-6-8-14(23)9-13/h6-9,17-18,22-23H,2,5,10-11H2,1,3-4H3. The van der Waals surface area contributed by atoms with Crippen molar-refractivity contribution < 1.29 is 19.4 Å². The first kappa shape index (κ1) is 18.2. The van der Waals surface area contributed by atoms with Crippen LogP contribution in [-0.2, 0) is 14.3 Å². The molecule has 0 saturated carbocycles. The fourth-order valence-electron chi connectivity index (χ4n) is 4.03. The molecular formula is C21H25NO4. The number of rotatable bonds is 3. The molecule has 2 unspecified atom stereocenters. The van der Waals surface area contributed by atoms with E-state index >= 15 is 0 Å². The Kier molecular flexibility index (Phi) is 4.65. The van der Waals surface area contributed by atoms with Crippen LogP contribution in [0.4, 0.5) is 0 Å². The van der Waals surface area contributed by atoms with Crippen LogP contribution in [-0.4, -0.2) is 23.5 Å². The molecular weight excluding hydrogens is 330 g/mol. The Bertz CT molecular complexity index is 806. The van der Waals surface area contributed by atoms with Crippen molar-refractivity contribution in [2.75, 3.05) is 6.61 Å². The minimum absolute atomic E-state index is 0.0268. The van der Waals surface area contributed by atoms with Crippen molar-refractivity contribution in [1.82, 2.24) is 5.32 Å². The number of carbonyl (C=O) groups excluding carboxylic acids is 2. The molecule has 1 aromatic rings. The average Bonchev–Trinajstić information content (AvgIpc) is 2.52. The summed E-state index contributed by atoms with van der Waals surface area (Å²) in [6.45, 7) is 10.2. The van der Waals surface area contributed by atoms with Crippen LogP contribution in [0.25, 0.3) is 0 Å². The normalized spacial score (nSPS) is 24.7. The predicted molar refractivity (Wildman–Crippen MR) is 98.3 cm³/mol. The summed E-state index contributed by atoms with van der Waals surface area (Å²) in [6.07, 6.45) is 1.13. The van der Waals surface area contributed by atoms with Gasteiger partial charge in [0, 0.05) is 29.3 Å². The summed E-state index contributed by atoms with van der Waals surface area (Å²) in [5, 5.41) is 13.1. The van der Waals surface area contributed by atoms with Crippen molar-refractivity contribution in [3.63, 3.8) is 0 Å². The van der Waals surface area contributed by atoms with Crippen molar-refractivity contribution >= 4 is 11.8 Å². The Hall–Kier alpha value is -2.56. The lowest BCUT2D eigenvalue weighted by molar-refractivity contribution is -0.147. The van der Waals surface area contributed by atoms with Crippen molar-refractivity contribution in [3.8, 4) is 5.75 Å². The van der Waals surface area contributed by atoms with E-state index in [1.54, 1.807) is 25.1 Å². The van der Waals surface area contributed by atoms with E-state index in [2.05, 4.69) is 25.7 Å². The number of benzene rings is 1. The second kappa shape index (κ2) is 6.63. The highest BCUT2D eigenvalue weighted by atomic mass is 16.5. The van der Waals surface area contributed by atoms with Gasteiger partial charge < -0.3 is 15.2 Å². The second-order valence-corrected chi connectivity index (χ2v) is 7.79. The number of ether oxygens (including phenoxy) is 1. The Morgan fingerprint density at radius 1 is 1.38 bits per heavy atom. The van der Waals surface area contributed by atoms with Crippen LogP contribution in [0, 0.1) is 11.3 Å². The number of phenols is 1. The van der Waals surface area contributed by atoms with Crippen molar-refractivity contribution in [1.29, 1.82) is 0 Å². The summed E-state index contributed by atoms with van der Waals surface area (Å²) >= 11 is 0. The molecule has 3 rings (SSSR count). The van der Waals surface area contributed by atoms with Crippen LogP contribution in [0.2, 0.25) is 0 Å². The molecule has 0 aromatic heterocycles. The molecule has 2 N–H and O–H groups in total. The van der Waals surface area contributed by atoms with Crippen molar-refractivity contribution in [2.45, 2.75) is 39.5 Å². The summed E-state index contributed by atoms with van der Waals surface area (Å²) in [5.41, 5.74) is 2.53. The molecule has 0 radical (unpaired) electrons. The summed E-state index contributed by atoms with van der Waals surface area (Å²) in [6, 6.07) is 6.72. The minimum atomic E-state index is -0.708. The Labute approximate surface area is 153 Å². The molecule has 26 heavy (non-hydrogen) atoms. The number of ketones is 1. The number of phenolic OH excluding ortho intramolecular Hbond substituents is 1. The van der Waals surface area contributed by atoms with Crippen LogP contribution in [0.3, 0.4) is 0 Å². The molecule has 0 spiro atoms. The maximum atomic E-state index is 13.0. The first-order chi connectivity index (χ1) is 12.2. The number of hydrogen-bond acceptors (Lipinski definition) is 5. The summed E-state index contributed by atoms with van der Waals surface area (Å²) < 4.78 is 5.25. The van der Waals surface area contributed by atoms with Crippen LogP contribution in [0.1, 0.15) is 45.1 Å². The summed E-state index contributed by atoms with van der Waals surface area (Å²) in [5.74, 6) is -1.50. The summed E-state index contributed by atoms with van der Waals surface area (Å²) in [7, 11) is 0. The van der Waals surface area contributed by atoms with Gasteiger partial charge in [0.15, 0.2) is 5.78 Å². The zero-order chi connectivity index (χ0) is 19.1. The van der Waals surface area contributed by atoms with Crippen molar-refractivity contribution in [2.24, 2.45) is 11.3 Å². The lowest BCUT2D eigenvalue weighted by Crippen LogP contribution is -2.43.